The van der Waals surface area contributed by atoms with Crippen LogP contribution in [0.2, 0.25) is 0 Å². The number of thioether (sulfide) groups is 1. The maximum absolute atomic E-state index is 13.0. The van der Waals surface area contributed by atoms with Crippen LogP contribution < -0.4 is 11.1 Å². The van der Waals surface area contributed by atoms with E-state index in [1.54, 1.807) is 25.3 Å². The predicted octanol–water partition coefficient (Wildman–Crippen LogP) is 3.72. The highest BCUT2D eigenvalue weighted by Gasteiger charge is 2.24. The van der Waals surface area contributed by atoms with Crippen LogP contribution in [-0.4, -0.2) is 46.0 Å². The van der Waals surface area contributed by atoms with Crippen LogP contribution in [0.1, 0.15) is 34.5 Å². The van der Waals surface area contributed by atoms with Gasteiger partial charge in [0.1, 0.15) is 5.03 Å². The Labute approximate surface area is 197 Å². The number of aromatic nitrogens is 2. The number of nitrogens with zero attached hydrogens (tertiary/aromatic N) is 3. The van der Waals surface area contributed by atoms with E-state index in [0.29, 0.717) is 40.1 Å². The number of primary amides is 1. The third-order valence-corrected chi connectivity index (χ3v) is 6.43. The summed E-state index contributed by atoms with van der Waals surface area (Å²) < 4.78 is 5.39. The Hall–Kier alpha value is -3.17. The van der Waals surface area contributed by atoms with Crippen LogP contribution in [0.25, 0.3) is 11.6 Å². The molecule has 0 aliphatic carbocycles. The normalized spacial score (nSPS) is 16.5. The first kappa shape index (κ1) is 23.0. The van der Waals surface area contributed by atoms with Gasteiger partial charge in [0, 0.05) is 18.8 Å². The standard InChI is InChI=1S/C24H27N5O3S/c1-15-20(24(33-2)28-22(26-15)19-6-4-12-32-19)23(31)27-18-9-7-16(8-10-18)13-29-11-3-5-17(14-29)21(25)30/h4,6-10,12,17H,3,5,11,13-14H2,1-2H3,(H2,25,30)(H,27,31). The predicted molar refractivity (Wildman–Crippen MR) is 128 cm³/mol. The fourth-order valence-electron chi connectivity index (χ4n) is 4.05. The second-order valence-electron chi connectivity index (χ2n) is 8.12. The number of carbonyl (C=O) groups excluding carboxylic acids is 2. The van der Waals surface area contributed by atoms with Gasteiger partial charge in [0.05, 0.1) is 23.4 Å². The molecular formula is C24H27N5O3S. The van der Waals surface area contributed by atoms with E-state index >= 15 is 0 Å². The molecule has 0 bridgehead atoms. The van der Waals surface area contributed by atoms with Gasteiger partial charge >= 0.3 is 0 Å². The molecule has 0 radical (unpaired) electrons. The maximum atomic E-state index is 13.0. The number of amides is 2. The molecule has 3 heterocycles. The fourth-order valence-corrected chi connectivity index (χ4v) is 4.67. The van der Waals surface area contributed by atoms with Crippen molar-refractivity contribution >= 4 is 29.3 Å². The molecule has 4 rings (SSSR count). The number of anilines is 1. The first-order chi connectivity index (χ1) is 15.9. The number of benzene rings is 1. The van der Waals surface area contributed by atoms with Crippen molar-refractivity contribution in [1.29, 1.82) is 0 Å². The van der Waals surface area contributed by atoms with Gasteiger partial charge < -0.3 is 15.5 Å². The Morgan fingerprint density at radius 3 is 2.70 bits per heavy atom. The molecule has 1 unspecified atom stereocenters. The van der Waals surface area contributed by atoms with E-state index in [4.69, 9.17) is 10.2 Å². The minimum absolute atomic E-state index is 0.0763. The SMILES string of the molecule is CSc1nc(-c2ccco2)nc(C)c1C(=O)Nc1ccc(CN2CCCC(C(N)=O)C2)cc1. The number of hydrogen-bond donors (Lipinski definition) is 2. The average molecular weight is 466 g/mol. The summed E-state index contributed by atoms with van der Waals surface area (Å²) >= 11 is 1.39. The van der Waals surface area contributed by atoms with E-state index in [9.17, 15) is 9.59 Å². The van der Waals surface area contributed by atoms with E-state index in [-0.39, 0.29) is 17.7 Å². The lowest BCUT2D eigenvalue weighted by molar-refractivity contribution is -0.123. The summed E-state index contributed by atoms with van der Waals surface area (Å²) in [5.41, 5.74) is 8.33. The summed E-state index contributed by atoms with van der Waals surface area (Å²) in [7, 11) is 0. The number of furan rings is 1. The Balaban J connectivity index is 1.44. The molecular weight excluding hydrogens is 438 g/mol. The topological polar surface area (TPSA) is 114 Å². The second kappa shape index (κ2) is 10.2. The van der Waals surface area contributed by atoms with Crippen LogP contribution in [0, 0.1) is 12.8 Å². The third-order valence-electron chi connectivity index (χ3n) is 5.74. The fraction of sp³-hybridized carbons (Fsp3) is 0.333. The zero-order chi connectivity index (χ0) is 23.4. The number of likely N-dealkylation sites (tertiary alicyclic amines) is 1. The number of carbonyl (C=O) groups is 2. The van der Waals surface area contributed by atoms with Gasteiger partial charge in [-0.15, -0.1) is 11.8 Å². The first-order valence-corrected chi connectivity index (χ1v) is 12.1. The molecule has 9 heteroatoms. The zero-order valence-electron chi connectivity index (χ0n) is 18.7. The van der Waals surface area contributed by atoms with E-state index in [1.165, 1.54) is 11.8 Å². The Bertz CT molecular complexity index is 1130. The molecule has 3 N–H and O–H groups in total. The Morgan fingerprint density at radius 1 is 1.24 bits per heavy atom. The van der Waals surface area contributed by atoms with Gasteiger partial charge in [-0.05, 0) is 62.4 Å². The number of piperidine rings is 1. The molecule has 3 aromatic rings. The Kier molecular flexibility index (Phi) is 7.10. The van der Waals surface area contributed by atoms with Crippen LogP contribution in [-0.2, 0) is 11.3 Å². The monoisotopic (exact) mass is 465 g/mol. The maximum Gasteiger partial charge on any atom is 0.260 e. The largest absolute Gasteiger partial charge is 0.461 e. The third kappa shape index (κ3) is 5.43. The molecule has 33 heavy (non-hydrogen) atoms. The lowest BCUT2D eigenvalue weighted by atomic mass is 9.97. The van der Waals surface area contributed by atoms with Crippen LogP contribution in [0.15, 0.2) is 52.1 Å². The molecule has 2 amide bonds. The van der Waals surface area contributed by atoms with Gasteiger partial charge in [-0.2, -0.15) is 0 Å². The second-order valence-corrected chi connectivity index (χ2v) is 8.92. The first-order valence-electron chi connectivity index (χ1n) is 10.8. The van der Waals surface area contributed by atoms with Crippen LogP contribution in [0.5, 0.6) is 0 Å². The van der Waals surface area contributed by atoms with E-state index in [1.807, 2.05) is 30.5 Å². The summed E-state index contributed by atoms with van der Waals surface area (Å²) in [4.78, 5) is 35.8. The zero-order valence-corrected chi connectivity index (χ0v) is 19.5. The summed E-state index contributed by atoms with van der Waals surface area (Å²) in [5.74, 6) is 0.466. The number of rotatable bonds is 7. The highest BCUT2D eigenvalue weighted by molar-refractivity contribution is 7.98. The van der Waals surface area contributed by atoms with Gasteiger partial charge in [-0.3, -0.25) is 14.5 Å². The molecule has 8 nitrogen and oxygen atoms in total. The molecule has 2 aromatic heterocycles. The van der Waals surface area contributed by atoms with Crippen molar-refractivity contribution in [2.45, 2.75) is 31.3 Å². The molecule has 0 saturated carbocycles. The molecule has 0 spiro atoms. The van der Waals surface area contributed by atoms with Crippen molar-refractivity contribution in [3.8, 4) is 11.6 Å². The molecule has 1 fully saturated rings. The lowest BCUT2D eigenvalue weighted by Gasteiger charge is -2.31. The quantitative estimate of drug-likeness (QED) is 0.404. The van der Waals surface area contributed by atoms with Crippen LogP contribution in [0.3, 0.4) is 0 Å². The van der Waals surface area contributed by atoms with Crippen molar-refractivity contribution in [3.63, 3.8) is 0 Å². The molecule has 1 aromatic carbocycles. The summed E-state index contributed by atoms with van der Waals surface area (Å²) in [6.07, 6.45) is 5.28. The molecule has 1 aliphatic heterocycles. The van der Waals surface area contributed by atoms with Gasteiger partial charge in [-0.25, -0.2) is 9.97 Å². The van der Waals surface area contributed by atoms with Gasteiger partial charge in [0.2, 0.25) is 5.91 Å². The van der Waals surface area contributed by atoms with Crippen LogP contribution in [0.4, 0.5) is 5.69 Å². The van der Waals surface area contributed by atoms with E-state index in [2.05, 4.69) is 20.2 Å². The molecule has 172 valence electrons. The summed E-state index contributed by atoms with van der Waals surface area (Å²) in [6.45, 7) is 4.19. The van der Waals surface area contributed by atoms with E-state index < -0.39 is 0 Å². The van der Waals surface area contributed by atoms with Gasteiger partial charge in [0.25, 0.3) is 5.91 Å². The van der Waals surface area contributed by atoms with Gasteiger partial charge in [-0.1, -0.05) is 12.1 Å². The van der Waals surface area contributed by atoms with Crippen molar-refractivity contribution in [3.05, 3.63) is 59.5 Å². The summed E-state index contributed by atoms with van der Waals surface area (Å²) in [6, 6.07) is 11.3. The smallest absolute Gasteiger partial charge is 0.260 e. The van der Waals surface area contributed by atoms with Crippen molar-refractivity contribution < 1.29 is 14.0 Å². The lowest BCUT2D eigenvalue weighted by Crippen LogP contribution is -2.40. The number of nitrogens with one attached hydrogen (secondary N) is 1. The number of nitrogens with two attached hydrogens (primary N) is 1. The molecule has 1 atom stereocenters. The van der Waals surface area contributed by atoms with Crippen molar-refractivity contribution in [2.75, 3.05) is 24.7 Å². The summed E-state index contributed by atoms with van der Waals surface area (Å²) in [5, 5.41) is 3.54. The van der Waals surface area contributed by atoms with Crippen LogP contribution >= 0.6 is 11.8 Å². The molecule has 1 saturated heterocycles. The number of aryl methyl sites for hydroxylation is 1. The highest BCUT2D eigenvalue weighted by atomic mass is 32.2. The minimum atomic E-state index is -0.254. The van der Waals surface area contributed by atoms with E-state index in [0.717, 1.165) is 31.5 Å². The van der Waals surface area contributed by atoms with Crippen molar-refractivity contribution in [2.24, 2.45) is 11.7 Å². The highest BCUT2D eigenvalue weighted by Crippen LogP contribution is 2.26. The average Bonchev–Trinajstić information content (AvgIpc) is 3.35. The number of hydrogen-bond acceptors (Lipinski definition) is 7. The minimum Gasteiger partial charge on any atom is -0.461 e. The van der Waals surface area contributed by atoms with Gasteiger partial charge in [0.15, 0.2) is 11.6 Å². The molecule has 1 aliphatic rings. The van der Waals surface area contributed by atoms with Crippen molar-refractivity contribution in [1.82, 2.24) is 14.9 Å². The Morgan fingerprint density at radius 2 is 2.03 bits per heavy atom.